The van der Waals surface area contributed by atoms with Crippen molar-refractivity contribution in [1.82, 2.24) is 5.73 Å². The van der Waals surface area contributed by atoms with Gasteiger partial charge in [0.25, 0.3) is 0 Å². The molecule has 1 radical (unpaired) electrons. The highest BCUT2D eigenvalue weighted by atomic mass is 19.1. The van der Waals surface area contributed by atoms with Crippen molar-refractivity contribution in [2.45, 2.75) is 6.54 Å². The highest BCUT2D eigenvalue weighted by Crippen LogP contribution is 2.08. The van der Waals surface area contributed by atoms with Crippen LogP contribution in [0.2, 0.25) is 0 Å². The molecule has 0 saturated carbocycles. The smallest absolute Gasteiger partial charge is 0.127 e. The van der Waals surface area contributed by atoms with Crippen LogP contribution in [0.3, 0.4) is 0 Å². The van der Waals surface area contributed by atoms with Crippen molar-refractivity contribution in [2.75, 3.05) is 0 Å². The predicted molar refractivity (Wildman–Crippen MR) is 33.2 cm³/mol. The molecule has 0 saturated heterocycles. The van der Waals surface area contributed by atoms with E-state index >= 15 is 0 Å². The maximum absolute atomic E-state index is 12.5. The third kappa shape index (κ3) is 1.30. The van der Waals surface area contributed by atoms with Crippen LogP contribution in [0.15, 0.2) is 18.2 Å². The van der Waals surface area contributed by atoms with Crippen LogP contribution in [0, 0.1) is 11.6 Å². The second kappa shape index (κ2) is 2.75. The predicted octanol–water partition coefficient (Wildman–Crippen LogP) is 1.75. The lowest BCUT2D eigenvalue weighted by Gasteiger charge is -1.96. The van der Waals surface area contributed by atoms with E-state index in [0.717, 1.165) is 18.2 Å². The molecule has 0 heterocycles. The van der Waals surface area contributed by atoms with E-state index in [4.69, 9.17) is 5.73 Å². The topological polar surface area (TPSA) is 23.8 Å². The Balaban J connectivity index is 3.09. The summed E-state index contributed by atoms with van der Waals surface area (Å²) in [7, 11) is 0. The Labute approximate surface area is 57.5 Å². The Kier molecular flexibility index (Phi) is 1.97. The molecule has 53 valence electrons. The maximum Gasteiger partial charge on any atom is 0.127 e. The normalized spacial score (nSPS) is 9.90. The Morgan fingerprint density at radius 2 is 2.00 bits per heavy atom. The summed E-state index contributed by atoms with van der Waals surface area (Å²) < 4.78 is 24.8. The van der Waals surface area contributed by atoms with E-state index in [1.807, 2.05) is 0 Å². The molecule has 0 fully saturated rings. The fourth-order valence-corrected chi connectivity index (χ4v) is 0.679. The number of hydrogen-bond acceptors (Lipinski definition) is 0. The molecule has 1 aromatic carbocycles. The first-order valence-corrected chi connectivity index (χ1v) is 2.82. The molecule has 0 bridgehead atoms. The van der Waals surface area contributed by atoms with Gasteiger partial charge in [-0.15, -0.1) is 0 Å². The van der Waals surface area contributed by atoms with Crippen molar-refractivity contribution in [2.24, 2.45) is 0 Å². The van der Waals surface area contributed by atoms with Gasteiger partial charge in [0.1, 0.15) is 11.6 Å². The van der Waals surface area contributed by atoms with E-state index in [-0.39, 0.29) is 12.1 Å². The summed E-state index contributed by atoms with van der Waals surface area (Å²) in [6, 6.07) is 3.09. The number of halogens is 2. The lowest BCUT2D eigenvalue weighted by atomic mass is 10.2. The summed E-state index contributed by atoms with van der Waals surface area (Å²) in [6.45, 7) is -0.219. The fourth-order valence-electron chi connectivity index (χ4n) is 0.679. The number of rotatable bonds is 1. The van der Waals surface area contributed by atoms with Crippen LogP contribution in [-0.2, 0) is 6.54 Å². The average molecular weight is 142 g/mol. The zero-order valence-corrected chi connectivity index (χ0v) is 5.20. The summed E-state index contributed by atoms with van der Waals surface area (Å²) in [5.74, 6) is -1.01. The maximum atomic E-state index is 12.5. The Morgan fingerprint density at radius 1 is 1.30 bits per heavy atom. The quantitative estimate of drug-likeness (QED) is 0.570. The van der Waals surface area contributed by atoms with Gasteiger partial charge in [0.2, 0.25) is 0 Å². The molecule has 1 aromatic rings. The van der Waals surface area contributed by atoms with E-state index in [9.17, 15) is 8.78 Å². The van der Waals surface area contributed by atoms with E-state index in [0.29, 0.717) is 0 Å². The molecule has 0 spiro atoms. The molecular weight excluding hydrogens is 136 g/mol. The molecule has 0 atom stereocenters. The highest BCUT2D eigenvalue weighted by molar-refractivity contribution is 5.17. The van der Waals surface area contributed by atoms with Gasteiger partial charge in [-0.3, -0.25) is 5.73 Å². The summed E-state index contributed by atoms with van der Waals surface area (Å²) in [6.07, 6.45) is 0. The van der Waals surface area contributed by atoms with Gasteiger partial charge in [0.15, 0.2) is 0 Å². The molecule has 0 aliphatic heterocycles. The van der Waals surface area contributed by atoms with Gasteiger partial charge < -0.3 is 0 Å². The fraction of sp³-hybridized carbons (Fsp3) is 0.143. The van der Waals surface area contributed by atoms with E-state index in [1.54, 1.807) is 0 Å². The third-order valence-corrected chi connectivity index (χ3v) is 1.20. The second-order valence-electron chi connectivity index (χ2n) is 1.91. The van der Waals surface area contributed by atoms with Crippen LogP contribution in [0.4, 0.5) is 8.78 Å². The van der Waals surface area contributed by atoms with Crippen LogP contribution in [-0.4, -0.2) is 0 Å². The van der Waals surface area contributed by atoms with Crippen molar-refractivity contribution in [3.05, 3.63) is 35.4 Å². The van der Waals surface area contributed by atoms with Gasteiger partial charge >= 0.3 is 0 Å². The van der Waals surface area contributed by atoms with Gasteiger partial charge in [-0.2, -0.15) is 0 Å². The summed E-state index contributed by atoms with van der Waals surface area (Å²) in [4.78, 5) is 0. The highest BCUT2D eigenvalue weighted by Gasteiger charge is 1.99. The molecular formula is C7H6F2N. The lowest BCUT2D eigenvalue weighted by molar-refractivity contribution is 0.585. The second-order valence-corrected chi connectivity index (χ2v) is 1.91. The van der Waals surface area contributed by atoms with Crippen LogP contribution < -0.4 is 5.73 Å². The van der Waals surface area contributed by atoms with Crippen LogP contribution in [0.5, 0.6) is 0 Å². The Morgan fingerprint density at radius 3 is 2.50 bits per heavy atom. The van der Waals surface area contributed by atoms with Gasteiger partial charge in [-0.05, 0) is 18.2 Å². The summed E-state index contributed by atoms with van der Waals surface area (Å²) >= 11 is 0. The first-order valence-electron chi connectivity index (χ1n) is 2.82. The van der Waals surface area contributed by atoms with Crippen molar-refractivity contribution >= 4 is 0 Å². The van der Waals surface area contributed by atoms with Crippen molar-refractivity contribution < 1.29 is 8.78 Å². The van der Waals surface area contributed by atoms with Crippen LogP contribution in [0.25, 0.3) is 0 Å². The van der Waals surface area contributed by atoms with E-state index in [2.05, 4.69) is 0 Å². The first kappa shape index (κ1) is 7.15. The van der Waals surface area contributed by atoms with Crippen molar-refractivity contribution in [3.63, 3.8) is 0 Å². The van der Waals surface area contributed by atoms with E-state index < -0.39 is 11.6 Å². The standard InChI is InChI=1S/C7H6F2N/c8-6-1-2-7(9)5(3-6)4-10/h1-3,10H,4H2. The largest absolute Gasteiger partial charge is 0.253 e. The minimum Gasteiger partial charge on any atom is -0.253 e. The molecule has 3 heteroatoms. The first-order chi connectivity index (χ1) is 4.74. The molecule has 10 heavy (non-hydrogen) atoms. The monoisotopic (exact) mass is 142 g/mol. The van der Waals surface area contributed by atoms with Gasteiger partial charge in [-0.1, -0.05) is 0 Å². The van der Waals surface area contributed by atoms with Gasteiger partial charge in [0, 0.05) is 12.1 Å². The molecule has 0 aliphatic rings. The minimum absolute atomic E-state index is 0.0972. The van der Waals surface area contributed by atoms with Crippen molar-refractivity contribution in [3.8, 4) is 0 Å². The van der Waals surface area contributed by atoms with Gasteiger partial charge in [-0.25, -0.2) is 8.78 Å². The average Bonchev–Trinajstić information content (AvgIpc) is 1.94. The molecule has 0 aliphatic carbocycles. The molecule has 0 aromatic heterocycles. The Bertz CT molecular complexity index is 235. The number of benzene rings is 1. The SMILES string of the molecule is [NH]Cc1cc(F)ccc1F. The van der Waals surface area contributed by atoms with E-state index in [1.165, 1.54) is 0 Å². The lowest BCUT2D eigenvalue weighted by Crippen LogP contribution is -1.91. The summed E-state index contributed by atoms with van der Waals surface area (Å²) in [5, 5.41) is 0. The summed E-state index contributed by atoms with van der Waals surface area (Å²) in [5.41, 5.74) is 6.87. The molecule has 0 unspecified atom stereocenters. The molecule has 1 nitrogen and oxygen atoms in total. The minimum atomic E-state index is -0.517. The zero-order valence-electron chi connectivity index (χ0n) is 5.20. The van der Waals surface area contributed by atoms with Crippen molar-refractivity contribution in [1.29, 1.82) is 0 Å². The number of hydrogen-bond donors (Lipinski definition) is 0. The molecule has 0 amide bonds. The number of nitrogens with one attached hydrogen (secondary N) is 1. The molecule has 1 rings (SSSR count). The van der Waals surface area contributed by atoms with Crippen LogP contribution >= 0.6 is 0 Å². The third-order valence-electron chi connectivity index (χ3n) is 1.20. The Hall–Kier alpha value is -0.960. The van der Waals surface area contributed by atoms with Crippen LogP contribution in [0.1, 0.15) is 5.56 Å². The zero-order chi connectivity index (χ0) is 7.56. The van der Waals surface area contributed by atoms with Gasteiger partial charge in [0.05, 0.1) is 0 Å². The molecule has 1 N–H and O–H groups in total.